The maximum atomic E-state index is 13.4. The summed E-state index contributed by atoms with van der Waals surface area (Å²) in [6, 6.07) is 15.0. The largest absolute Gasteiger partial charge is 0.377 e. The van der Waals surface area contributed by atoms with Crippen molar-refractivity contribution in [2.75, 3.05) is 26.7 Å². The third-order valence-corrected chi connectivity index (χ3v) is 6.35. The van der Waals surface area contributed by atoms with Crippen molar-refractivity contribution in [2.24, 2.45) is 0 Å². The number of carbonyl (C=O) groups is 1. The van der Waals surface area contributed by atoms with E-state index in [0.717, 1.165) is 36.1 Å². The highest BCUT2D eigenvalue weighted by molar-refractivity contribution is 5.94. The number of piperidine rings is 1. The lowest BCUT2D eigenvalue weighted by Crippen LogP contribution is -2.50. The molecule has 2 heterocycles. The van der Waals surface area contributed by atoms with Crippen molar-refractivity contribution in [1.82, 2.24) is 9.80 Å². The molecule has 1 amide bonds. The molecule has 2 aromatic rings. The molecule has 3 atom stereocenters. The molecule has 0 aromatic heterocycles. The van der Waals surface area contributed by atoms with E-state index in [-0.39, 0.29) is 29.7 Å². The summed E-state index contributed by atoms with van der Waals surface area (Å²) in [5.41, 5.74) is 2.90. The number of likely N-dealkylation sites (tertiary alicyclic amines) is 2. The quantitative estimate of drug-likeness (QED) is 0.764. The minimum Gasteiger partial charge on any atom is -0.377 e. The lowest BCUT2D eigenvalue weighted by Gasteiger charge is -2.39. The average molecular weight is 397 g/mol. The van der Waals surface area contributed by atoms with Crippen molar-refractivity contribution in [3.8, 4) is 0 Å². The van der Waals surface area contributed by atoms with Crippen LogP contribution in [0.25, 0.3) is 0 Å². The van der Waals surface area contributed by atoms with Crippen LogP contribution in [0, 0.1) is 5.82 Å². The molecule has 2 aromatic carbocycles. The van der Waals surface area contributed by atoms with Gasteiger partial charge in [0.1, 0.15) is 5.82 Å². The van der Waals surface area contributed by atoms with Crippen molar-refractivity contribution in [2.45, 2.75) is 44.4 Å². The third kappa shape index (κ3) is 4.07. The van der Waals surface area contributed by atoms with Crippen LogP contribution in [0.5, 0.6) is 0 Å². The maximum Gasteiger partial charge on any atom is 0.254 e. The Hall–Kier alpha value is -2.24. The zero-order valence-electron chi connectivity index (χ0n) is 17.2. The Balaban J connectivity index is 1.58. The van der Waals surface area contributed by atoms with Crippen molar-refractivity contribution < 1.29 is 13.9 Å². The Labute approximate surface area is 172 Å². The van der Waals surface area contributed by atoms with Crippen LogP contribution in [0.2, 0.25) is 0 Å². The molecule has 0 spiro atoms. The van der Waals surface area contributed by atoms with Gasteiger partial charge in [-0.15, -0.1) is 0 Å². The molecule has 0 saturated carbocycles. The number of amides is 1. The van der Waals surface area contributed by atoms with Gasteiger partial charge in [-0.25, -0.2) is 4.39 Å². The highest BCUT2D eigenvalue weighted by atomic mass is 19.1. The number of likely N-dealkylation sites (N-methyl/N-ethyl adjacent to an activating group) is 1. The molecule has 2 saturated heterocycles. The van der Waals surface area contributed by atoms with Gasteiger partial charge in [-0.2, -0.15) is 0 Å². The highest BCUT2D eigenvalue weighted by Crippen LogP contribution is 2.40. The standard InChI is InChI=1S/C24H29FN2O2/c1-3-29-16-17-6-8-19(9-7-17)24(28)27-15-21(18-10-12-20(25)13-11-18)23-22(27)5-4-14-26(23)2/h6-13,21-23H,3-5,14-16H2,1-2H3/t21-,22-,23-/m1/s1. The first-order valence-electron chi connectivity index (χ1n) is 10.5. The van der Waals surface area contributed by atoms with Crippen molar-refractivity contribution in [1.29, 1.82) is 0 Å². The van der Waals surface area contributed by atoms with Gasteiger partial charge >= 0.3 is 0 Å². The van der Waals surface area contributed by atoms with E-state index < -0.39 is 0 Å². The smallest absolute Gasteiger partial charge is 0.254 e. The van der Waals surface area contributed by atoms with E-state index >= 15 is 0 Å². The van der Waals surface area contributed by atoms with Crippen LogP contribution in [0.4, 0.5) is 4.39 Å². The molecule has 2 fully saturated rings. The summed E-state index contributed by atoms with van der Waals surface area (Å²) in [5.74, 6) is 0.0651. The Morgan fingerprint density at radius 3 is 2.55 bits per heavy atom. The molecule has 0 N–H and O–H groups in total. The number of halogens is 1. The molecule has 0 bridgehead atoms. The van der Waals surface area contributed by atoms with E-state index in [0.29, 0.717) is 19.8 Å². The van der Waals surface area contributed by atoms with Crippen LogP contribution >= 0.6 is 0 Å². The van der Waals surface area contributed by atoms with Crippen LogP contribution in [-0.4, -0.2) is 54.5 Å². The molecule has 0 radical (unpaired) electrons. The van der Waals surface area contributed by atoms with Gasteiger partial charge in [0.2, 0.25) is 0 Å². The van der Waals surface area contributed by atoms with Gasteiger partial charge in [0.15, 0.2) is 0 Å². The normalized spacial score (nSPS) is 24.5. The van der Waals surface area contributed by atoms with Crippen molar-refractivity contribution in [3.63, 3.8) is 0 Å². The second-order valence-corrected chi connectivity index (χ2v) is 8.13. The summed E-state index contributed by atoms with van der Waals surface area (Å²) < 4.78 is 18.9. The minimum absolute atomic E-state index is 0.0860. The number of rotatable bonds is 5. The van der Waals surface area contributed by atoms with Gasteiger partial charge in [0.25, 0.3) is 5.91 Å². The minimum atomic E-state index is -0.222. The number of ether oxygens (including phenoxy) is 1. The summed E-state index contributed by atoms with van der Waals surface area (Å²) >= 11 is 0. The molecule has 4 rings (SSSR count). The number of hydrogen-bond donors (Lipinski definition) is 0. The van der Waals surface area contributed by atoms with Gasteiger partial charge in [-0.05, 0) is 68.8 Å². The molecular weight excluding hydrogens is 367 g/mol. The number of carbonyl (C=O) groups excluding carboxylic acids is 1. The molecule has 0 unspecified atom stereocenters. The monoisotopic (exact) mass is 396 g/mol. The van der Waals surface area contributed by atoms with E-state index in [1.807, 2.05) is 48.2 Å². The second kappa shape index (κ2) is 8.64. The average Bonchev–Trinajstić information content (AvgIpc) is 3.14. The lowest BCUT2D eigenvalue weighted by atomic mass is 9.86. The third-order valence-electron chi connectivity index (χ3n) is 6.35. The van der Waals surface area contributed by atoms with E-state index in [1.165, 1.54) is 12.1 Å². The molecule has 5 heteroatoms. The van der Waals surface area contributed by atoms with Gasteiger partial charge in [-0.1, -0.05) is 24.3 Å². The second-order valence-electron chi connectivity index (χ2n) is 8.13. The fourth-order valence-corrected chi connectivity index (χ4v) is 4.91. The molecule has 29 heavy (non-hydrogen) atoms. The Morgan fingerprint density at radius 2 is 1.86 bits per heavy atom. The van der Waals surface area contributed by atoms with Gasteiger partial charge in [0, 0.05) is 36.7 Å². The molecule has 0 aliphatic carbocycles. The lowest BCUT2D eigenvalue weighted by molar-refractivity contribution is 0.0629. The van der Waals surface area contributed by atoms with Gasteiger partial charge < -0.3 is 14.5 Å². The van der Waals surface area contributed by atoms with E-state index in [4.69, 9.17) is 4.74 Å². The van der Waals surface area contributed by atoms with Crippen molar-refractivity contribution in [3.05, 3.63) is 71.0 Å². The maximum absolute atomic E-state index is 13.4. The first kappa shape index (κ1) is 20.0. The number of fused-ring (bicyclic) bond motifs is 1. The van der Waals surface area contributed by atoms with E-state index in [9.17, 15) is 9.18 Å². The van der Waals surface area contributed by atoms with Crippen LogP contribution < -0.4 is 0 Å². The van der Waals surface area contributed by atoms with Crippen molar-refractivity contribution >= 4 is 5.91 Å². The van der Waals surface area contributed by atoms with Gasteiger partial charge in [0.05, 0.1) is 6.61 Å². The number of benzene rings is 2. The Bertz CT molecular complexity index is 837. The molecule has 2 aliphatic heterocycles. The first-order chi connectivity index (χ1) is 14.1. The van der Waals surface area contributed by atoms with Gasteiger partial charge in [-0.3, -0.25) is 4.79 Å². The molecular formula is C24H29FN2O2. The predicted octanol–water partition coefficient (Wildman–Crippen LogP) is 4.06. The summed E-state index contributed by atoms with van der Waals surface area (Å²) in [7, 11) is 2.14. The highest BCUT2D eigenvalue weighted by Gasteiger charge is 2.47. The SMILES string of the molecule is CCOCc1ccc(C(=O)N2C[C@H](c3ccc(F)cc3)[C@@H]3[C@H]2CCCN3C)cc1. The van der Waals surface area contributed by atoms with E-state index in [2.05, 4.69) is 11.9 Å². The molecule has 154 valence electrons. The summed E-state index contributed by atoms with van der Waals surface area (Å²) in [6.07, 6.45) is 2.10. The zero-order chi connectivity index (χ0) is 20.4. The molecule has 2 aliphatic rings. The van der Waals surface area contributed by atoms with Crippen LogP contribution in [-0.2, 0) is 11.3 Å². The summed E-state index contributed by atoms with van der Waals surface area (Å²) in [5, 5.41) is 0. The molecule has 4 nitrogen and oxygen atoms in total. The fraction of sp³-hybridized carbons (Fsp3) is 0.458. The predicted molar refractivity (Wildman–Crippen MR) is 111 cm³/mol. The zero-order valence-corrected chi connectivity index (χ0v) is 17.2. The van der Waals surface area contributed by atoms with Crippen LogP contribution in [0.1, 0.15) is 47.2 Å². The van der Waals surface area contributed by atoms with Crippen LogP contribution in [0.3, 0.4) is 0 Å². The number of nitrogens with zero attached hydrogens (tertiary/aromatic N) is 2. The summed E-state index contributed by atoms with van der Waals surface area (Å²) in [4.78, 5) is 17.8. The van der Waals surface area contributed by atoms with E-state index in [1.54, 1.807) is 0 Å². The Morgan fingerprint density at radius 1 is 1.14 bits per heavy atom. The van der Waals surface area contributed by atoms with Crippen LogP contribution in [0.15, 0.2) is 48.5 Å². The number of hydrogen-bond acceptors (Lipinski definition) is 3. The Kier molecular flexibility index (Phi) is 5.97. The first-order valence-corrected chi connectivity index (χ1v) is 10.5. The fourth-order valence-electron chi connectivity index (χ4n) is 4.91. The topological polar surface area (TPSA) is 32.8 Å². The summed E-state index contributed by atoms with van der Waals surface area (Å²) in [6.45, 7) is 4.92.